The molecule has 2 N–H and O–H groups in total. The molecule has 0 saturated carbocycles. The zero-order chi connectivity index (χ0) is 25.7. The van der Waals surface area contributed by atoms with Crippen LogP contribution in [0.1, 0.15) is 0 Å². The zero-order valence-electron chi connectivity index (χ0n) is 14.6. The Morgan fingerprint density at radius 2 is 0.250 bits per heavy atom. The Morgan fingerprint density at radius 1 is 0.250 bits per heavy atom. The van der Waals surface area contributed by atoms with Crippen LogP contribution >= 0.6 is 186 Å². The molecule has 0 spiro atoms. The van der Waals surface area contributed by atoms with E-state index < -0.39 is 0 Å². The summed E-state index contributed by atoms with van der Waals surface area (Å²) in [6.07, 6.45) is 0. The van der Waals surface area contributed by atoms with E-state index in [9.17, 15) is 0 Å². The predicted molar refractivity (Wildman–Crippen MR) is 149 cm³/mol. The number of hydrogen-bond acceptors (Lipinski definition) is 2. The largest absolute Gasteiger partial charge is 0.400 e. The molecule has 0 rings (SSSR count). The van der Waals surface area contributed by atoms with Gasteiger partial charge in [0.15, 0.2) is 0 Å². The summed E-state index contributed by atoms with van der Waals surface area (Å²) in [7, 11) is 2.00. The Balaban J connectivity index is -0.0000000161. The van der Waals surface area contributed by atoms with Crippen molar-refractivity contribution in [3.05, 3.63) is 0 Å². The number of halogens is 16. The highest BCUT2D eigenvalue weighted by molar-refractivity contribution is 6.42. The second-order valence-corrected chi connectivity index (χ2v) is 7.27. The maximum atomic E-state index is 7.00. The quantitative estimate of drug-likeness (QED) is 0.243. The maximum absolute atomic E-state index is 7.00. The van der Waals surface area contributed by atoms with Crippen LogP contribution < -0.4 is 0 Å². The van der Waals surface area contributed by atoms with Gasteiger partial charge in [0.05, 0.1) is 42.7 Å². The first-order valence-electron chi connectivity index (χ1n) is 5.17. The molecule has 0 saturated heterocycles. The molecule has 0 aliphatic rings. The van der Waals surface area contributed by atoms with Crippen LogP contribution in [0.15, 0.2) is 0 Å². The Labute approximate surface area is 250 Å². The summed E-state index contributed by atoms with van der Waals surface area (Å²) in [5.41, 5.74) is 0. The average molecular weight is 744 g/mol. The van der Waals surface area contributed by atoms with Crippen molar-refractivity contribution in [2.45, 2.75) is 0 Å². The SMILES string of the molecule is CO.CO.ClCCl.ClCCl.ClCCl.ClCCl.ClCCl.ClCCl.ClCCl.ClCCl. The van der Waals surface area contributed by atoms with Gasteiger partial charge in [-0.2, -0.15) is 0 Å². The number of rotatable bonds is 0. The predicted octanol–water partition coefficient (Wildman–Crippen LogP) is 10.6. The zero-order valence-corrected chi connectivity index (χ0v) is 26.7. The number of aliphatic hydroxyl groups excluding tert-OH is 2. The molecule has 18 heteroatoms. The lowest BCUT2D eigenvalue weighted by molar-refractivity contribution is 0.399. The topological polar surface area (TPSA) is 40.5 Å². The van der Waals surface area contributed by atoms with Crippen molar-refractivity contribution in [3.8, 4) is 0 Å². The molecule has 0 unspecified atom stereocenters. The van der Waals surface area contributed by atoms with Crippen LogP contribution in [0.25, 0.3) is 0 Å². The minimum absolute atomic E-state index is 0.194. The van der Waals surface area contributed by atoms with Gasteiger partial charge in [-0.1, -0.05) is 0 Å². The van der Waals surface area contributed by atoms with E-state index in [2.05, 4.69) is 0 Å². The Bertz CT molecular complexity index is 59.4. The van der Waals surface area contributed by atoms with Crippen molar-refractivity contribution in [2.75, 3.05) is 56.9 Å². The summed E-state index contributed by atoms with van der Waals surface area (Å²) < 4.78 is 0. The van der Waals surface area contributed by atoms with Gasteiger partial charge in [0.1, 0.15) is 0 Å². The van der Waals surface area contributed by atoms with E-state index in [1.54, 1.807) is 0 Å². The highest BCUT2D eigenvalue weighted by Gasteiger charge is 1.43. The molecule has 0 radical (unpaired) electrons. The summed E-state index contributed by atoms with van der Waals surface area (Å²) in [5.74, 6) is 0. The van der Waals surface area contributed by atoms with Crippen molar-refractivity contribution in [1.29, 1.82) is 0 Å². The first kappa shape index (κ1) is 63.7. The second-order valence-electron chi connectivity index (χ2n) is 0.808. The summed E-state index contributed by atoms with van der Waals surface area (Å²) in [6.45, 7) is 0. The fourth-order valence-electron chi connectivity index (χ4n) is 0. The van der Waals surface area contributed by atoms with Gasteiger partial charge < -0.3 is 10.2 Å². The highest BCUT2D eigenvalue weighted by atomic mass is 35.6. The molecule has 0 fully saturated rings. The molecule has 28 heavy (non-hydrogen) atoms. The smallest absolute Gasteiger partial charge is 0.0967 e. The minimum atomic E-state index is 0.194. The standard InChI is InChI=1S/8CH2Cl2.2CH4O/c8*2-1-3;2*1-2/h8*1H2;2*2H,1H3. The van der Waals surface area contributed by atoms with Crippen LogP contribution in [0.4, 0.5) is 0 Å². The van der Waals surface area contributed by atoms with Crippen LogP contribution in [0.2, 0.25) is 0 Å². The number of aliphatic hydroxyl groups is 2. The summed E-state index contributed by atoms with van der Waals surface area (Å²) >= 11 is 76.2. The monoisotopic (exact) mass is 736 g/mol. The molecule has 0 aliphatic carbocycles. The first-order chi connectivity index (χ1) is 13.3. The van der Waals surface area contributed by atoms with Gasteiger partial charge in [0, 0.05) is 14.2 Å². The van der Waals surface area contributed by atoms with Crippen LogP contribution in [0.3, 0.4) is 0 Å². The van der Waals surface area contributed by atoms with Gasteiger partial charge in [-0.3, -0.25) is 0 Å². The summed E-state index contributed by atoms with van der Waals surface area (Å²) in [5, 5.41) is 15.6. The minimum Gasteiger partial charge on any atom is -0.400 e. The molecule has 0 heterocycles. The van der Waals surface area contributed by atoms with Crippen molar-refractivity contribution < 1.29 is 10.2 Å². The second kappa shape index (κ2) is 187. The molecule has 0 atom stereocenters. The summed E-state index contributed by atoms with van der Waals surface area (Å²) in [4.78, 5) is 0. The lowest BCUT2D eigenvalue weighted by Gasteiger charge is -1.42. The van der Waals surface area contributed by atoms with Gasteiger partial charge >= 0.3 is 0 Å². The Kier molecular flexibility index (Phi) is 425. The normalized spacial score (nSPS) is 5.57. The van der Waals surface area contributed by atoms with Crippen LogP contribution in [-0.4, -0.2) is 67.1 Å². The third-order valence-corrected chi connectivity index (χ3v) is 0. The Morgan fingerprint density at radius 3 is 0.250 bits per heavy atom. The molecular formula is C10H24Cl16O2. The van der Waals surface area contributed by atoms with E-state index >= 15 is 0 Å². The lowest BCUT2D eigenvalue weighted by atomic mass is 11.8. The molecule has 0 amide bonds. The van der Waals surface area contributed by atoms with E-state index in [4.69, 9.17) is 196 Å². The molecule has 0 aliphatic heterocycles. The van der Waals surface area contributed by atoms with Crippen molar-refractivity contribution in [2.24, 2.45) is 0 Å². The fourth-order valence-corrected chi connectivity index (χ4v) is 0. The third-order valence-electron chi connectivity index (χ3n) is 0. The average Bonchev–Trinajstić information content (AvgIpc) is 2.63. The molecule has 2 nitrogen and oxygen atoms in total. The van der Waals surface area contributed by atoms with E-state index in [1.807, 2.05) is 0 Å². The van der Waals surface area contributed by atoms with Gasteiger partial charge in [0.2, 0.25) is 0 Å². The van der Waals surface area contributed by atoms with Crippen molar-refractivity contribution in [3.63, 3.8) is 0 Å². The molecule has 0 bridgehead atoms. The molecule has 0 aromatic carbocycles. The molecule has 188 valence electrons. The molecule has 0 aromatic rings. The van der Waals surface area contributed by atoms with E-state index in [0.29, 0.717) is 0 Å². The van der Waals surface area contributed by atoms with Crippen LogP contribution in [0.5, 0.6) is 0 Å². The van der Waals surface area contributed by atoms with E-state index in [1.165, 1.54) is 0 Å². The van der Waals surface area contributed by atoms with Crippen molar-refractivity contribution in [1.82, 2.24) is 0 Å². The van der Waals surface area contributed by atoms with Crippen LogP contribution in [0, 0.1) is 0 Å². The number of hydrogen-bond donors (Lipinski definition) is 2. The lowest BCUT2D eigenvalue weighted by Crippen LogP contribution is -1.25. The van der Waals surface area contributed by atoms with Crippen LogP contribution in [-0.2, 0) is 0 Å². The third kappa shape index (κ3) is 1280. The maximum Gasteiger partial charge on any atom is 0.0967 e. The van der Waals surface area contributed by atoms with E-state index in [-0.39, 0.29) is 42.7 Å². The summed E-state index contributed by atoms with van der Waals surface area (Å²) in [6, 6.07) is 0. The number of alkyl halides is 16. The highest BCUT2D eigenvalue weighted by Crippen LogP contribution is 1.75. The van der Waals surface area contributed by atoms with Gasteiger partial charge in [-0.05, 0) is 0 Å². The van der Waals surface area contributed by atoms with Gasteiger partial charge in [0.25, 0.3) is 0 Å². The molecule has 0 aromatic heterocycles. The van der Waals surface area contributed by atoms with Gasteiger partial charge in [-0.25, -0.2) is 0 Å². The van der Waals surface area contributed by atoms with Crippen molar-refractivity contribution >= 4 is 186 Å². The first-order valence-corrected chi connectivity index (χ1v) is 13.7. The molecular weight excluding hydrogens is 719 g/mol. The Hall–Kier alpha value is 4.56. The fraction of sp³-hybridized carbons (Fsp3) is 1.00. The van der Waals surface area contributed by atoms with Gasteiger partial charge in [-0.15, -0.1) is 186 Å². The van der Waals surface area contributed by atoms with E-state index in [0.717, 1.165) is 14.2 Å².